The smallest absolute Gasteiger partial charge is 0.264 e. The van der Waals surface area contributed by atoms with Gasteiger partial charge in [-0.3, -0.25) is 4.79 Å². The number of aryl methyl sites for hydroxylation is 1. The summed E-state index contributed by atoms with van der Waals surface area (Å²) in [5, 5.41) is 4.02. The number of nitrogens with zero attached hydrogens (tertiary/aromatic N) is 1. The second-order valence-corrected chi connectivity index (χ2v) is 7.88. The number of hydrogen-bond acceptors (Lipinski definition) is 4. The average Bonchev–Trinajstić information content (AvgIpc) is 3.26. The molecule has 6 heteroatoms. The minimum absolute atomic E-state index is 0.185. The zero-order valence-corrected chi connectivity index (χ0v) is 16.9. The molecule has 1 aromatic heterocycles. The number of amides is 1. The molecule has 1 aliphatic rings. The zero-order valence-electron chi connectivity index (χ0n) is 15.3. The number of nitrogens with one attached hydrogen (secondary N) is 1. The molecule has 4 rings (SSSR count). The number of carbonyl (C=O) groups is 1. The second-order valence-electron chi connectivity index (χ2n) is 6.41. The number of halogens is 1. The lowest BCUT2D eigenvalue weighted by Crippen LogP contribution is -2.19. The lowest BCUT2D eigenvalue weighted by Gasteiger charge is -2.04. The first-order valence-electron chi connectivity index (χ1n) is 8.71. The highest BCUT2D eigenvalue weighted by atomic mass is 35.5. The van der Waals surface area contributed by atoms with E-state index >= 15 is 0 Å². The molecule has 2 heterocycles. The lowest BCUT2D eigenvalue weighted by atomic mass is 10.1. The molecular weight excluding hydrogens is 392 g/mol. The van der Waals surface area contributed by atoms with Crippen molar-refractivity contribution < 1.29 is 9.21 Å². The predicted octanol–water partition coefficient (Wildman–Crippen LogP) is 6.11. The average molecular weight is 409 g/mol. The van der Waals surface area contributed by atoms with Crippen LogP contribution >= 0.6 is 23.4 Å². The highest BCUT2D eigenvalue weighted by Gasteiger charge is 2.24. The standard InChI is InChI=1S/C22H17ClN2O2S/c1-13-5-3-8-18(14(13)2)24-22-25-21(26)20(28-22)12-17-9-10-19(27-17)15-6-4-7-16(23)11-15/h3-12H,1-2H3,(H,24,25,26). The van der Waals surface area contributed by atoms with Crippen molar-refractivity contribution in [1.29, 1.82) is 0 Å². The van der Waals surface area contributed by atoms with E-state index in [9.17, 15) is 4.79 Å². The molecule has 0 aliphatic carbocycles. The van der Waals surface area contributed by atoms with E-state index in [-0.39, 0.29) is 5.91 Å². The molecule has 1 saturated heterocycles. The first-order valence-corrected chi connectivity index (χ1v) is 9.90. The third kappa shape index (κ3) is 3.91. The van der Waals surface area contributed by atoms with Gasteiger partial charge in [0, 0.05) is 16.7 Å². The van der Waals surface area contributed by atoms with Crippen molar-refractivity contribution >= 4 is 46.2 Å². The molecular formula is C22H17ClN2O2S. The van der Waals surface area contributed by atoms with Crippen LogP contribution in [0, 0.1) is 13.8 Å². The largest absolute Gasteiger partial charge is 0.457 e. The second kappa shape index (κ2) is 7.70. The predicted molar refractivity (Wildman–Crippen MR) is 116 cm³/mol. The number of benzene rings is 2. The van der Waals surface area contributed by atoms with Gasteiger partial charge in [0.25, 0.3) is 5.91 Å². The van der Waals surface area contributed by atoms with Crippen LogP contribution in [0.25, 0.3) is 17.4 Å². The number of thioether (sulfide) groups is 1. The number of hydrogen-bond donors (Lipinski definition) is 1. The van der Waals surface area contributed by atoms with E-state index in [1.807, 2.05) is 68.4 Å². The van der Waals surface area contributed by atoms with E-state index in [0.717, 1.165) is 22.4 Å². The summed E-state index contributed by atoms with van der Waals surface area (Å²) in [4.78, 5) is 17.4. The minimum atomic E-state index is -0.185. The van der Waals surface area contributed by atoms with Crippen molar-refractivity contribution in [2.75, 3.05) is 0 Å². The Morgan fingerprint density at radius 2 is 1.93 bits per heavy atom. The van der Waals surface area contributed by atoms with E-state index in [0.29, 0.717) is 26.6 Å². The molecule has 4 nitrogen and oxygen atoms in total. The van der Waals surface area contributed by atoms with E-state index in [1.165, 1.54) is 11.8 Å². The molecule has 1 aliphatic heterocycles. The molecule has 28 heavy (non-hydrogen) atoms. The first kappa shape index (κ1) is 18.6. The van der Waals surface area contributed by atoms with E-state index in [4.69, 9.17) is 16.0 Å². The van der Waals surface area contributed by atoms with E-state index in [2.05, 4.69) is 10.3 Å². The molecule has 2 aromatic carbocycles. The van der Waals surface area contributed by atoms with Gasteiger partial charge in [-0.1, -0.05) is 35.9 Å². The molecule has 0 saturated carbocycles. The molecule has 1 amide bonds. The maximum Gasteiger partial charge on any atom is 0.264 e. The molecule has 0 radical (unpaired) electrons. The van der Waals surface area contributed by atoms with Crippen LogP contribution in [0.3, 0.4) is 0 Å². The van der Waals surface area contributed by atoms with Crippen LogP contribution in [0.5, 0.6) is 0 Å². The Morgan fingerprint density at radius 1 is 1.11 bits per heavy atom. The van der Waals surface area contributed by atoms with Crippen LogP contribution in [0.1, 0.15) is 16.9 Å². The fourth-order valence-corrected chi connectivity index (χ4v) is 3.81. The van der Waals surface area contributed by atoms with Crippen LogP contribution < -0.4 is 5.32 Å². The number of carbonyl (C=O) groups excluding carboxylic acids is 1. The molecule has 0 unspecified atom stereocenters. The van der Waals surface area contributed by atoms with Gasteiger partial charge in [0.1, 0.15) is 11.5 Å². The van der Waals surface area contributed by atoms with Gasteiger partial charge in [-0.2, -0.15) is 0 Å². The van der Waals surface area contributed by atoms with Crippen molar-refractivity contribution in [1.82, 2.24) is 5.32 Å². The summed E-state index contributed by atoms with van der Waals surface area (Å²) in [6.07, 6.45) is 1.72. The number of amidine groups is 1. The fraction of sp³-hybridized carbons (Fsp3) is 0.0909. The van der Waals surface area contributed by atoms with Crippen LogP contribution in [0.2, 0.25) is 5.02 Å². The summed E-state index contributed by atoms with van der Waals surface area (Å²) in [5.74, 6) is 1.11. The van der Waals surface area contributed by atoms with Gasteiger partial charge in [0.2, 0.25) is 0 Å². The van der Waals surface area contributed by atoms with Crippen LogP contribution in [-0.4, -0.2) is 11.1 Å². The van der Waals surface area contributed by atoms with Crippen molar-refractivity contribution in [2.24, 2.45) is 4.99 Å². The van der Waals surface area contributed by atoms with Crippen LogP contribution in [-0.2, 0) is 4.79 Å². The molecule has 1 fully saturated rings. The number of aliphatic imine (C=N–C) groups is 1. The van der Waals surface area contributed by atoms with Gasteiger partial charge in [-0.25, -0.2) is 4.99 Å². The highest BCUT2D eigenvalue weighted by Crippen LogP contribution is 2.31. The molecule has 0 bridgehead atoms. The molecule has 0 atom stereocenters. The molecule has 3 aromatic rings. The first-order chi connectivity index (χ1) is 13.5. The zero-order chi connectivity index (χ0) is 19.7. The number of furan rings is 1. The maximum absolute atomic E-state index is 12.3. The summed E-state index contributed by atoms with van der Waals surface area (Å²) in [7, 11) is 0. The van der Waals surface area contributed by atoms with E-state index < -0.39 is 0 Å². The Labute approximate surface area is 172 Å². The Balaban J connectivity index is 1.57. The molecule has 140 valence electrons. The van der Waals surface area contributed by atoms with Crippen molar-refractivity contribution in [3.05, 3.63) is 81.4 Å². The lowest BCUT2D eigenvalue weighted by molar-refractivity contribution is -0.115. The summed E-state index contributed by atoms with van der Waals surface area (Å²) in [6.45, 7) is 4.06. The third-order valence-electron chi connectivity index (χ3n) is 4.46. The molecule has 0 spiro atoms. The summed E-state index contributed by atoms with van der Waals surface area (Å²) < 4.78 is 5.86. The summed E-state index contributed by atoms with van der Waals surface area (Å²) in [6, 6.07) is 17.1. The van der Waals surface area contributed by atoms with E-state index in [1.54, 1.807) is 6.08 Å². The minimum Gasteiger partial charge on any atom is -0.457 e. The Morgan fingerprint density at radius 3 is 2.75 bits per heavy atom. The van der Waals surface area contributed by atoms with Crippen molar-refractivity contribution in [2.45, 2.75) is 13.8 Å². The van der Waals surface area contributed by atoms with Gasteiger partial charge in [0.15, 0.2) is 5.17 Å². The Bertz CT molecular complexity index is 1130. The van der Waals surface area contributed by atoms with Crippen molar-refractivity contribution in [3.63, 3.8) is 0 Å². The summed E-state index contributed by atoms with van der Waals surface area (Å²) >= 11 is 7.34. The van der Waals surface area contributed by atoms with Gasteiger partial charge in [-0.15, -0.1) is 0 Å². The van der Waals surface area contributed by atoms with Gasteiger partial charge >= 0.3 is 0 Å². The maximum atomic E-state index is 12.3. The Hall–Kier alpha value is -2.76. The number of rotatable bonds is 3. The normalized spacial score (nSPS) is 16.8. The Kier molecular flexibility index (Phi) is 5.11. The molecule has 1 N–H and O–H groups in total. The quantitative estimate of drug-likeness (QED) is 0.532. The monoisotopic (exact) mass is 408 g/mol. The third-order valence-corrected chi connectivity index (χ3v) is 5.60. The highest BCUT2D eigenvalue weighted by molar-refractivity contribution is 8.18. The topological polar surface area (TPSA) is 54.6 Å². The van der Waals surface area contributed by atoms with Crippen molar-refractivity contribution in [3.8, 4) is 11.3 Å². The van der Waals surface area contributed by atoms with Gasteiger partial charge < -0.3 is 9.73 Å². The van der Waals surface area contributed by atoms with Gasteiger partial charge in [-0.05, 0) is 67.1 Å². The van der Waals surface area contributed by atoms with Crippen LogP contribution in [0.4, 0.5) is 5.69 Å². The fourth-order valence-electron chi connectivity index (χ4n) is 2.80. The summed E-state index contributed by atoms with van der Waals surface area (Å²) in [5.41, 5.74) is 4.00. The SMILES string of the molecule is Cc1cccc(N=C2NC(=O)C(=Cc3ccc(-c4cccc(Cl)c4)o3)S2)c1C. The van der Waals surface area contributed by atoms with Crippen LogP contribution in [0.15, 0.2) is 68.9 Å². The van der Waals surface area contributed by atoms with Gasteiger partial charge in [0.05, 0.1) is 10.6 Å².